The lowest BCUT2D eigenvalue weighted by Crippen LogP contribution is -2.30. The van der Waals surface area contributed by atoms with Crippen molar-refractivity contribution in [3.63, 3.8) is 0 Å². The molecule has 1 amide bonds. The summed E-state index contributed by atoms with van der Waals surface area (Å²) >= 11 is 0. The molecule has 3 aromatic carbocycles. The van der Waals surface area contributed by atoms with Gasteiger partial charge in [-0.25, -0.2) is 22.7 Å². The zero-order chi connectivity index (χ0) is 25.3. The largest absolute Gasteiger partial charge is 0.452 e. The number of nitrogens with one attached hydrogen (secondary N) is 2. The highest BCUT2D eigenvalue weighted by atomic mass is 32.2. The van der Waals surface area contributed by atoms with Crippen molar-refractivity contribution < 1.29 is 27.1 Å². The molecule has 0 aliphatic carbocycles. The third-order valence-corrected chi connectivity index (χ3v) is 6.04. The minimum Gasteiger partial charge on any atom is -0.452 e. The van der Waals surface area contributed by atoms with Gasteiger partial charge in [-0.1, -0.05) is 36.4 Å². The zero-order valence-electron chi connectivity index (χ0n) is 18.9. The molecule has 0 spiro atoms. The second-order valence-electron chi connectivity index (χ2n) is 7.71. The minimum absolute atomic E-state index is 0.0161. The Bertz CT molecular complexity index is 1260. The van der Waals surface area contributed by atoms with Crippen LogP contribution < -0.4 is 15.8 Å². The Balaban J connectivity index is 1.43. The number of primary sulfonamides is 1. The molecule has 0 unspecified atom stereocenters. The average molecular weight is 500 g/mol. The van der Waals surface area contributed by atoms with Crippen LogP contribution in [0.15, 0.2) is 77.7 Å². The number of halogens is 1. The molecule has 0 atom stereocenters. The van der Waals surface area contributed by atoms with E-state index in [1.54, 1.807) is 48.5 Å². The number of carbonyl (C=O) groups excluding carboxylic acids is 2. The quantitative estimate of drug-likeness (QED) is 0.348. The van der Waals surface area contributed by atoms with Crippen molar-refractivity contribution in [2.24, 2.45) is 5.14 Å². The molecule has 3 rings (SSSR count). The highest BCUT2D eigenvalue weighted by Crippen LogP contribution is 2.16. The van der Waals surface area contributed by atoms with Crippen molar-refractivity contribution in [3.8, 4) is 0 Å². The number of amides is 1. The normalized spacial score (nSPS) is 11.0. The van der Waals surface area contributed by atoms with E-state index in [1.165, 1.54) is 24.3 Å². The summed E-state index contributed by atoms with van der Waals surface area (Å²) in [5, 5.41) is 10.9. The standard InChI is InChI=1S/C25H26FN3O5S/c26-20-9-5-18(6-10-20)13-15-28-23-4-2-1-3-22(23)25(31)34-17-24(30)29-16-14-19-7-11-21(12-8-19)35(27,32)33/h1-12,28H,13-17H2,(H,29,30)(H2,27,32,33). The van der Waals surface area contributed by atoms with E-state index in [4.69, 9.17) is 9.88 Å². The van der Waals surface area contributed by atoms with Crippen LogP contribution in [0.3, 0.4) is 0 Å². The molecule has 0 heterocycles. The van der Waals surface area contributed by atoms with Gasteiger partial charge in [-0.2, -0.15) is 0 Å². The molecule has 0 aromatic heterocycles. The summed E-state index contributed by atoms with van der Waals surface area (Å²) in [4.78, 5) is 24.6. The summed E-state index contributed by atoms with van der Waals surface area (Å²) in [5.74, 6) is -1.39. The number of benzene rings is 3. The van der Waals surface area contributed by atoms with E-state index >= 15 is 0 Å². The molecular weight excluding hydrogens is 473 g/mol. The van der Waals surface area contributed by atoms with Crippen LogP contribution in [0.4, 0.5) is 10.1 Å². The summed E-state index contributed by atoms with van der Waals surface area (Å²) in [6, 6.07) is 19.1. The van der Waals surface area contributed by atoms with Crippen molar-refractivity contribution in [2.45, 2.75) is 17.7 Å². The SMILES string of the molecule is NS(=O)(=O)c1ccc(CCNC(=O)COC(=O)c2ccccc2NCCc2ccc(F)cc2)cc1. The molecule has 8 nitrogen and oxygen atoms in total. The van der Waals surface area contributed by atoms with Gasteiger partial charge in [0.25, 0.3) is 5.91 Å². The van der Waals surface area contributed by atoms with Crippen LogP contribution >= 0.6 is 0 Å². The maximum atomic E-state index is 13.0. The Kier molecular flexibility index (Phi) is 8.93. The van der Waals surface area contributed by atoms with E-state index in [-0.39, 0.29) is 17.3 Å². The van der Waals surface area contributed by atoms with Crippen molar-refractivity contribution in [3.05, 3.63) is 95.3 Å². The van der Waals surface area contributed by atoms with Crippen molar-refractivity contribution in [2.75, 3.05) is 25.0 Å². The average Bonchev–Trinajstić information content (AvgIpc) is 2.84. The molecule has 4 N–H and O–H groups in total. The maximum absolute atomic E-state index is 13.0. The van der Waals surface area contributed by atoms with E-state index in [1.807, 2.05) is 0 Å². The van der Waals surface area contributed by atoms with Crippen LogP contribution in [0.25, 0.3) is 0 Å². The van der Waals surface area contributed by atoms with Gasteiger partial charge in [-0.3, -0.25) is 4.79 Å². The molecule has 3 aromatic rings. The summed E-state index contributed by atoms with van der Waals surface area (Å²) < 4.78 is 40.7. The number of hydrogen-bond acceptors (Lipinski definition) is 6. The predicted octanol–water partition coefficient (Wildman–Crippen LogP) is 2.64. The molecule has 0 aliphatic rings. The van der Waals surface area contributed by atoms with Gasteiger partial charge in [0, 0.05) is 18.8 Å². The van der Waals surface area contributed by atoms with Gasteiger partial charge in [-0.05, 0) is 60.4 Å². The van der Waals surface area contributed by atoms with Gasteiger partial charge >= 0.3 is 5.97 Å². The number of anilines is 1. The Morgan fingerprint density at radius 3 is 2.11 bits per heavy atom. The number of hydrogen-bond donors (Lipinski definition) is 3. The summed E-state index contributed by atoms with van der Waals surface area (Å²) in [5.41, 5.74) is 2.64. The van der Waals surface area contributed by atoms with E-state index in [0.29, 0.717) is 30.6 Å². The lowest BCUT2D eigenvalue weighted by molar-refractivity contribution is -0.124. The van der Waals surface area contributed by atoms with Crippen LogP contribution in [0.1, 0.15) is 21.5 Å². The smallest absolute Gasteiger partial charge is 0.340 e. The van der Waals surface area contributed by atoms with Gasteiger partial charge in [0.05, 0.1) is 10.5 Å². The third kappa shape index (κ3) is 8.20. The summed E-state index contributed by atoms with van der Waals surface area (Å²) in [6.07, 6.45) is 1.10. The maximum Gasteiger partial charge on any atom is 0.340 e. The van der Waals surface area contributed by atoms with E-state index < -0.39 is 28.5 Å². The van der Waals surface area contributed by atoms with Crippen LogP contribution in [-0.4, -0.2) is 40.0 Å². The highest BCUT2D eigenvalue weighted by Gasteiger charge is 2.14. The van der Waals surface area contributed by atoms with E-state index in [0.717, 1.165) is 11.1 Å². The number of esters is 1. The minimum atomic E-state index is -3.75. The van der Waals surface area contributed by atoms with Crippen molar-refractivity contribution in [1.82, 2.24) is 5.32 Å². The Morgan fingerprint density at radius 1 is 0.857 bits per heavy atom. The lowest BCUT2D eigenvalue weighted by Gasteiger charge is -2.12. The van der Waals surface area contributed by atoms with Crippen LogP contribution in [0, 0.1) is 5.82 Å². The first-order chi connectivity index (χ1) is 16.7. The van der Waals surface area contributed by atoms with Crippen LogP contribution in [0.2, 0.25) is 0 Å². The fourth-order valence-corrected chi connectivity index (χ4v) is 3.78. The lowest BCUT2D eigenvalue weighted by atomic mass is 10.1. The molecule has 0 fully saturated rings. The molecule has 0 saturated heterocycles. The molecule has 0 bridgehead atoms. The first-order valence-electron chi connectivity index (χ1n) is 10.9. The first kappa shape index (κ1) is 25.9. The fourth-order valence-electron chi connectivity index (χ4n) is 3.26. The molecular formula is C25H26FN3O5S. The molecule has 184 valence electrons. The van der Waals surface area contributed by atoms with Crippen LogP contribution in [-0.2, 0) is 32.4 Å². The Hall–Kier alpha value is -3.76. The fraction of sp³-hybridized carbons (Fsp3) is 0.200. The number of sulfonamides is 1. The molecule has 10 heteroatoms. The Labute approximate surface area is 203 Å². The second kappa shape index (κ2) is 12.1. The van der Waals surface area contributed by atoms with Crippen LogP contribution in [0.5, 0.6) is 0 Å². The molecule has 0 aliphatic heterocycles. The second-order valence-corrected chi connectivity index (χ2v) is 9.28. The summed E-state index contributed by atoms with van der Waals surface area (Å²) in [6.45, 7) is 0.369. The number of rotatable bonds is 11. The van der Waals surface area contributed by atoms with Gasteiger partial charge in [0.2, 0.25) is 10.0 Å². The predicted molar refractivity (Wildman–Crippen MR) is 130 cm³/mol. The van der Waals surface area contributed by atoms with Gasteiger partial charge in [-0.15, -0.1) is 0 Å². The van der Waals surface area contributed by atoms with Gasteiger partial charge < -0.3 is 15.4 Å². The number of ether oxygens (including phenoxy) is 1. The number of carbonyl (C=O) groups is 2. The van der Waals surface area contributed by atoms with Crippen molar-refractivity contribution >= 4 is 27.6 Å². The van der Waals surface area contributed by atoms with Gasteiger partial charge in [0.15, 0.2) is 6.61 Å². The monoisotopic (exact) mass is 499 g/mol. The topological polar surface area (TPSA) is 128 Å². The third-order valence-electron chi connectivity index (χ3n) is 5.11. The molecule has 0 saturated carbocycles. The van der Waals surface area contributed by atoms with E-state index in [9.17, 15) is 22.4 Å². The zero-order valence-corrected chi connectivity index (χ0v) is 19.7. The first-order valence-corrected chi connectivity index (χ1v) is 12.4. The number of para-hydroxylation sites is 1. The van der Waals surface area contributed by atoms with Gasteiger partial charge in [0.1, 0.15) is 5.82 Å². The van der Waals surface area contributed by atoms with Crippen molar-refractivity contribution in [1.29, 1.82) is 0 Å². The summed E-state index contributed by atoms with van der Waals surface area (Å²) in [7, 11) is -3.75. The molecule has 0 radical (unpaired) electrons. The molecule has 35 heavy (non-hydrogen) atoms. The Morgan fingerprint density at radius 2 is 1.46 bits per heavy atom. The van der Waals surface area contributed by atoms with E-state index in [2.05, 4.69) is 10.6 Å². The number of nitrogens with two attached hydrogens (primary N) is 1. The highest BCUT2D eigenvalue weighted by molar-refractivity contribution is 7.89.